The highest BCUT2D eigenvalue weighted by Crippen LogP contribution is 2.27. The Hall–Kier alpha value is -4.16. The lowest BCUT2D eigenvalue weighted by Crippen LogP contribution is -2.39. The largest absolute Gasteiger partial charge is 0.497 e. The number of hydrogen-bond acceptors (Lipinski definition) is 8. The molecule has 40 heavy (non-hydrogen) atoms. The number of thiophene rings is 1. The fourth-order valence-electron chi connectivity index (χ4n) is 3.44. The topological polar surface area (TPSA) is 125 Å². The molecule has 12 heteroatoms. The van der Waals surface area contributed by atoms with E-state index in [0.717, 1.165) is 5.56 Å². The third kappa shape index (κ3) is 9.54. The van der Waals surface area contributed by atoms with E-state index in [-0.39, 0.29) is 11.7 Å². The molecule has 0 aliphatic rings. The average molecular weight is 569 g/mol. The number of carbonyl (C=O) groups is 3. The molecule has 4 amide bonds. The third-order valence-electron chi connectivity index (χ3n) is 5.40. The molecule has 3 aromatic rings. The zero-order valence-electron chi connectivity index (χ0n) is 23.6. The van der Waals surface area contributed by atoms with E-state index in [1.807, 2.05) is 19.0 Å². The van der Waals surface area contributed by atoms with Crippen molar-refractivity contribution >= 4 is 46.4 Å². The van der Waals surface area contributed by atoms with Gasteiger partial charge in [0.15, 0.2) is 0 Å². The molecular weight excluding hydrogens is 532 g/mol. The van der Waals surface area contributed by atoms with E-state index in [1.54, 1.807) is 86.1 Å². The van der Waals surface area contributed by atoms with Crippen LogP contribution in [0.15, 0.2) is 53.4 Å². The minimum absolute atomic E-state index is 0.193. The summed E-state index contributed by atoms with van der Waals surface area (Å²) in [6.07, 6.45) is 0.960. The molecule has 3 N–H and O–H groups in total. The number of rotatable bonds is 10. The van der Waals surface area contributed by atoms with Gasteiger partial charge in [-0.15, -0.1) is 11.3 Å². The fourth-order valence-corrected chi connectivity index (χ4v) is 4.15. The van der Waals surface area contributed by atoms with E-state index in [0.29, 0.717) is 42.4 Å². The van der Waals surface area contributed by atoms with Gasteiger partial charge in [0.05, 0.1) is 18.5 Å². The van der Waals surface area contributed by atoms with Crippen LogP contribution in [0, 0.1) is 0 Å². The summed E-state index contributed by atoms with van der Waals surface area (Å²) in [4.78, 5) is 46.1. The van der Waals surface area contributed by atoms with Crippen LogP contribution in [0.3, 0.4) is 0 Å². The minimum atomic E-state index is -0.646. The van der Waals surface area contributed by atoms with Crippen LogP contribution in [0.25, 0.3) is 0 Å². The second-order valence-electron chi connectivity index (χ2n) is 10.2. The number of urea groups is 1. The molecule has 0 bridgehead atoms. The lowest BCUT2D eigenvalue weighted by molar-refractivity contribution is 0.0635. The summed E-state index contributed by atoms with van der Waals surface area (Å²) in [5.74, 6) is 0.211. The van der Waals surface area contributed by atoms with Crippen LogP contribution in [-0.2, 0) is 11.3 Å². The van der Waals surface area contributed by atoms with Gasteiger partial charge < -0.3 is 29.9 Å². The maximum atomic E-state index is 13.1. The maximum absolute atomic E-state index is 13.1. The molecule has 11 nitrogen and oxygen atoms in total. The summed E-state index contributed by atoms with van der Waals surface area (Å²) in [6.45, 7) is 6.76. The summed E-state index contributed by atoms with van der Waals surface area (Å²) in [6, 6.07) is 10.2. The smallest absolute Gasteiger partial charge is 0.412 e. The van der Waals surface area contributed by atoms with Crippen molar-refractivity contribution in [3.63, 3.8) is 0 Å². The standard InChI is InChI=1S/C28H36N6O5S/c1-28(2,3)39-27(37)32-24-18-40-17-23(24)31-25(35)22-11-10-19(15-29-22)16-34(13-12-33(4)5)26(36)30-20-8-7-9-21(14-20)38-6/h7-11,14-15,17-18H,12-13,16H2,1-6H3,(H,30,36)(H,31,35)(H,32,37). The van der Waals surface area contributed by atoms with Gasteiger partial charge in [-0.2, -0.15) is 0 Å². The summed E-state index contributed by atoms with van der Waals surface area (Å²) >= 11 is 1.33. The molecule has 0 aliphatic heterocycles. The van der Waals surface area contributed by atoms with Gasteiger partial charge in [-0.1, -0.05) is 12.1 Å². The Morgan fingerprint density at radius 3 is 2.33 bits per heavy atom. The van der Waals surface area contributed by atoms with E-state index < -0.39 is 17.6 Å². The molecule has 0 spiro atoms. The first kappa shape index (κ1) is 30.4. The Kier molecular flexibility index (Phi) is 10.5. The number of methoxy groups -OCH3 is 1. The van der Waals surface area contributed by atoms with Crippen LogP contribution in [0.5, 0.6) is 5.75 Å². The molecule has 0 saturated carbocycles. The van der Waals surface area contributed by atoms with E-state index >= 15 is 0 Å². The second kappa shape index (κ2) is 13.8. The lowest BCUT2D eigenvalue weighted by atomic mass is 10.2. The molecule has 2 aromatic heterocycles. The van der Waals surface area contributed by atoms with Gasteiger partial charge in [-0.05, 0) is 58.6 Å². The second-order valence-corrected chi connectivity index (χ2v) is 11.0. The number of hydrogen-bond donors (Lipinski definition) is 3. The van der Waals surface area contributed by atoms with Crippen molar-refractivity contribution in [2.24, 2.45) is 0 Å². The molecule has 0 atom stereocenters. The maximum Gasteiger partial charge on any atom is 0.412 e. The monoisotopic (exact) mass is 568 g/mol. The molecule has 2 heterocycles. The summed E-state index contributed by atoms with van der Waals surface area (Å²) < 4.78 is 10.5. The highest BCUT2D eigenvalue weighted by molar-refractivity contribution is 7.09. The normalized spacial score (nSPS) is 11.1. The number of anilines is 3. The quantitative estimate of drug-likeness (QED) is 0.301. The first-order valence-electron chi connectivity index (χ1n) is 12.6. The molecule has 3 rings (SSSR count). The molecular formula is C28H36N6O5S. The predicted molar refractivity (Wildman–Crippen MR) is 157 cm³/mol. The SMILES string of the molecule is COc1cccc(NC(=O)N(CCN(C)C)Cc2ccc(C(=O)Nc3cscc3NC(=O)OC(C)(C)C)nc2)c1. The van der Waals surface area contributed by atoms with Gasteiger partial charge >= 0.3 is 12.1 Å². The number of nitrogens with one attached hydrogen (secondary N) is 3. The van der Waals surface area contributed by atoms with Crippen LogP contribution >= 0.6 is 11.3 Å². The highest BCUT2D eigenvalue weighted by Gasteiger charge is 2.19. The summed E-state index contributed by atoms with van der Waals surface area (Å²) in [7, 11) is 5.45. The molecule has 1 aromatic carbocycles. The van der Waals surface area contributed by atoms with Crippen molar-refractivity contribution in [3.05, 3.63) is 64.6 Å². The fraction of sp³-hybridized carbons (Fsp3) is 0.357. The van der Waals surface area contributed by atoms with Crippen LogP contribution in [-0.4, -0.2) is 72.7 Å². The number of carbonyl (C=O) groups excluding carboxylic acids is 3. The predicted octanol–water partition coefficient (Wildman–Crippen LogP) is 5.35. The molecule has 214 valence electrons. The van der Waals surface area contributed by atoms with E-state index in [2.05, 4.69) is 20.9 Å². The van der Waals surface area contributed by atoms with Gasteiger partial charge in [-0.3, -0.25) is 15.1 Å². The number of nitrogens with zero attached hydrogens (tertiary/aromatic N) is 3. The molecule has 0 unspecified atom stereocenters. The number of amides is 4. The molecule has 0 saturated heterocycles. The van der Waals surface area contributed by atoms with Crippen LogP contribution in [0.4, 0.5) is 26.7 Å². The Labute approximate surface area is 238 Å². The van der Waals surface area contributed by atoms with E-state index in [9.17, 15) is 14.4 Å². The first-order chi connectivity index (χ1) is 18.9. The number of likely N-dealkylation sites (N-methyl/N-ethyl adjacent to an activating group) is 1. The van der Waals surface area contributed by atoms with Gasteiger partial charge in [0.1, 0.15) is 17.0 Å². The van der Waals surface area contributed by atoms with Crippen molar-refractivity contribution in [1.82, 2.24) is 14.8 Å². The van der Waals surface area contributed by atoms with Crippen molar-refractivity contribution in [2.75, 3.05) is 50.2 Å². The number of ether oxygens (including phenoxy) is 2. The van der Waals surface area contributed by atoms with Crippen LogP contribution < -0.4 is 20.7 Å². The van der Waals surface area contributed by atoms with Crippen molar-refractivity contribution in [3.8, 4) is 5.75 Å². The zero-order valence-corrected chi connectivity index (χ0v) is 24.4. The third-order valence-corrected chi connectivity index (χ3v) is 6.15. The number of benzene rings is 1. The molecule has 0 fully saturated rings. The van der Waals surface area contributed by atoms with Crippen LogP contribution in [0.1, 0.15) is 36.8 Å². The molecule has 0 radical (unpaired) electrons. The van der Waals surface area contributed by atoms with Gasteiger partial charge in [0, 0.05) is 48.3 Å². The van der Waals surface area contributed by atoms with Gasteiger partial charge in [0.25, 0.3) is 5.91 Å². The summed E-state index contributed by atoms with van der Waals surface area (Å²) in [5.41, 5.74) is 1.81. The van der Waals surface area contributed by atoms with E-state index in [1.165, 1.54) is 11.3 Å². The van der Waals surface area contributed by atoms with Crippen molar-refractivity contribution in [2.45, 2.75) is 32.9 Å². The van der Waals surface area contributed by atoms with Crippen molar-refractivity contribution in [1.29, 1.82) is 0 Å². The Bertz CT molecular complexity index is 1300. The Balaban J connectivity index is 1.65. The van der Waals surface area contributed by atoms with Gasteiger partial charge in [0.2, 0.25) is 0 Å². The van der Waals surface area contributed by atoms with E-state index in [4.69, 9.17) is 9.47 Å². The number of pyridine rings is 1. The van der Waals surface area contributed by atoms with Crippen LogP contribution in [0.2, 0.25) is 0 Å². The first-order valence-corrected chi connectivity index (χ1v) is 13.5. The zero-order chi connectivity index (χ0) is 29.3. The van der Waals surface area contributed by atoms with Gasteiger partial charge in [-0.25, -0.2) is 9.59 Å². The molecule has 0 aliphatic carbocycles. The Morgan fingerprint density at radius 1 is 0.975 bits per heavy atom. The highest BCUT2D eigenvalue weighted by atomic mass is 32.1. The van der Waals surface area contributed by atoms with Crippen molar-refractivity contribution < 1.29 is 23.9 Å². The average Bonchev–Trinajstić information content (AvgIpc) is 3.31. The summed E-state index contributed by atoms with van der Waals surface area (Å²) in [5, 5.41) is 11.7. The Morgan fingerprint density at radius 2 is 1.70 bits per heavy atom. The number of aromatic nitrogens is 1. The lowest BCUT2D eigenvalue weighted by Gasteiger charge is -2.25. The minimum Gasteiger partial charge on any atom is -0.497 e.